The van der Waals surface area contributed by atoms with Crippen molar-refractivity contribution in [3.05, 3.63) is 35.8 Å². The first-order chi connectivity index (χ1) is 13.3. The zero-order valence-electron chi connectivity index (χ0n) is 17.2. The molecule has 3 heterocycles. The summed E-state index contributed by atoms with van der Waals surface area (Å²) in [5, 5.41) is 4.27. The number of carbonyl (C=O) groups excluding carboxylic acids is 1. The molecule has 28 heavy (non-hydrogen) atoms. The van der Waals surface area contributed by atoms with Crippen LogP contribution in [0.5, 0.6) is 0 Å². The van der Waals surface area contributed by atoms with Crippen molar-refractivity contribution < 1.29 is 18.0 Å². The van der Waals surface area contributed by atoms with Gasteiger partial charge in [-0.1, -0.05) is 33.8 Å². The molecule has 2 aromatic heterocycles. The molecule has 1 aliphatic heterocycles. The van der Waals surface area contributed by atoms with Gasteiger partial charge >= 0.3 is 6.18 Å². The minimum Gasteiger partial charge on any atom is -0.339 e. The Balaban J connectivity index is 0.000000921. The molecule has 2 aromatic rings. The molecule has 156 valence electrons. The Hall–Kier alpha value is -2.38. The number of aryl methyl sites for hydroxylation is 1. The molecule has 0 fully saturated rings. The van der Waals surface area contributed by atoms with E-state index in [1.165, 1.54) is 4.90 Å². The van der Waals surface area contributed by atoms with Crippen LogP contribution >= 0.6 is 0 Å². The number of rotatable bonds is 3. The van der Waals surface area contributed by atoms with Crippen LogP contribution in [0.2, 0.25) is 0 Å². The van der Waals surface area contributed by atoms with E-state index >= 15 is 0 Å². The van der Waals surface area contributed by atoms with Crippen LogP contribution < -0.4 is 0 Å². The predicted octanol–water partition coefficient (Wildman–Crippen LogP) is 5.05. The molecule has 1 amide bonds. The fourth-order valence-corrected chi connectivity index (χ4v) is 2.81. The Morgan fingerprint density at radius 2 is 1.89 bits per heavy atom. The van der Waals surface area contributed by atoms with Crippen LogP contribution in [-0.2, 0) is 4.79 Å². The molecule has 0 atom stereocenters. The molecular formula is C20H29F3N4O. The summed E-state index contributed by atoms with van der Waals surface area (Å²) < 4.78 is 38.4. The van der Waals surface area contributed by atoms with Crippen molar-refractivity contribution in [3.8, 4) is 0 Å². The Bertz CT molecular complexity index is 796. The first kappa shape index (κ1) is 23.7. The normalized spacial score (nSPS) is 13.9. The second-order valence-corrected chi connectivity index (χ2v) is 5.78. The van der Waals surface area contributed by atoms with Crippen molar-refractivity contribution in [3.63, 3.8) is 0 Å². The number of carbonyl (C=O) groups is 1. The molecule has 1 aliphatic rings. The SMILES string of the molecule is CC.CC.Cc1nc2c(C3=CCN(C(=O)CCC(F)(F)F)CC3)cccn2n1. The van der Waals surface area contributed by atoms with Gasteiger partial charge in [-0.3, -0.25) is 4.79 Å². The standard InChI is InChI=1S/C16H17F3N4O.2C2H6/c1-11-20-15-13(3-2-8-23(15)21-11)12-5-9-22(10-6-12)14(24)4-7-16(17,18)19;2*1-2/h2-3,5,8H,4,6-7,9-10H2,1H3;2*1-2H3. The smallest absolute Gasteiger partial charge is 0.339 e. The molecule has 0 unspecified atom stereocenters. The number of aromatic nitrogens is 3. The molecule has 0 spiro atoms. The predicted molar refractivity (Wildman–Crippen MR) is 105 cm³/mol. The van der Waals surface area contributed by atoms with Gasteiger partial charge in [-0.05, 0) is 31.1 Å². The summed E-state index contributed by atoms with van der Waals surface area (Å²) >= 11 is 0. The van der Waals surface area contributed by atoms with Gasteiger partial charge in [-0.15, -0.1) is 0 Å². The molecule has 0 N–H and O–H groups in total. The lowest BCUT2D eigenvalue weighted by Crippen LogP contribution is -2.35. The third kappa shape index (κ3) is 6.35. The molecule has 0 radical (unpaired) electrons. The maximum Gasteiger partial charge on any atom is 0.389 e. The Labute approximate surface area is 164 Å². The summed E-state index contributed by atoms with van der Waals surface area (Å²) in [4.78, 5) is 17.7. The number of hydrogen-bond donors (Lipinski definition) is 0. The van der Waals surface area contributed by atoms with Crippen molar-refractivity contribution in [2.24, 2.45) is 0 Å². The van der Waals surface area contributed by atoms with Crippen molar-refractivity contribution in [1.29, 1.82) is 0 Å². The maximum absolute atomic E-state index is 12.2. The first-order valence-electron chi connectivity index (χ1n) is 9.69. The van der Waals surface area contributed by atoms with Crippen LogP contribution in [0, 0.1) is 6.92 Å². The fraction of sp³-hybridized carbons (Fsp3) is 0.550. The quantitative estimate of drug-likeness (QED) is 0.727. The van der Waals surface area contributed by atoms with Crippen LogP contribution in [0.3, 0.4) is 0 Å². The largest absolute Gasteiger partial charge is 0.389 e. The molecule has 0 saturated carbocycles. The Morgan fingerprint density at radius 1 is 1.21 bits per heavy atom. The summed E-state index contributed by atoms with van der Waals surface area (Å²) in [5.74, 6) is 0.210. The molecule has 0 aliphatic carbocycles. The molecule has 5 nitrogen and oxygen atoms in total. The van der Waals surface area contributed by atoms with Crippen LogP contribution in [0.15, 0.2) is 24.4 Å². The molecular weight excluding hydrogens is 369 g/mol. The summed E-state index contributed by atoms with van der Waals surface area (Å²) in [6, 6.07) is 3.81. The van der Waals surface area contributed by atoms with Crippen LogP contribution in [0.1, 0.15) is 58.3 Å². The monoisotopic (exact) mass is 398 g/mol. The average molecular weight is 398 g/mol. The van der Waals surface area contributed by atoms with Gasteiger partial charge in [0.05, 0.1) is 6.42 Å². The van der Waals surface area contributed by atoms with Gasteiger partial charge in [0, 0.05) is 31.3 Å². The van der Waals surface area contributed by atoms with Crippen LogP contribution in [-0.4, -0.2) is 44.7 Å². The number of amides is 1. The highest BCUT2D eigenvalue weighted by molar-refractivity contribution is 5.80. The molecule has 3 rings (SSSR count). The van der Waals surface area contributed by atoms with Gasteiger partial charge in [0.15, 0.2) is 5.65 Å². The van der Waals surface area contributed by atoms with Crippen molar-refractivity contribution in [1.82, 2.24) is 19.5 Å². The van der Waals surface area contributed by atoms with Gasteiger partial charge < -0.3 is 4.90 Å². The maximum atomic E-state index is 12.2. The van der Waals surface area contributed by atoms with E-state index in [0.29, 0.717) is 25.3 Å². The van der Waals surface area contributed by atoms with Gasteiger partial charge in [0.25, 0.3) is 0 Å². The van der Waals surface area contributed by atoms with Gasteiger partial charge in [-0.2, -0.15) is 18.3 Å². The summed E-state index contributed by atoms with van der Waals surface area (Å²) in [7, 11) is 0. The lowest BCUT2D eigenvalue weighted by Gasteiger charge is -2.27. The van der Waals surface area contributed by atoms with E-state index in [1.807, 2.05) is 59.0 Å². The lowest BCUT2D eigenvalue weighted by atomic mass is 10.00. The van der Waals surface area contributed by atoms with Crippen molar-refractivity contribution >= 4 is 17.1 Å². The van der Waals surface area contributed by atoms with Gasteiger partial charge in [0.2, 0.25) is 5.91 Å². The van der Waals surface area contributed by atoms with Gasteiger partial charge in [0.1, 0.15) is 5.82 Å². The zero-order chi connectivity index (χ0) is 21.3. The van der Waals surface area contributed by atoms with Crippen LogP contribution in [0.4, 0.5) is 13.2 Å². The van der Waals surface area contributed by atoms with Gasteiger partial charge in [-0.25, -0.2) is 9.50 Å². The number of nitrogens with zero attached hydrogens (tertiary/aromatic N) is 4. The second kappa shape index (κ2) is 10.8. The van der Waals surface area contributed by atoms with E-state index in [1.54, 1.807) is 4.52 Å². The number of hydrogen-bond acceptors (Lipinski definition) is 3. The van der Waals surface area contributed by atoms with E-state index in [0.717, 1.165) is 16.8 Å². The first-order valence-corrected chi connectivity index (χ1v) is 9.69. The number of pyridine rings is 1. The highest BCUT2D eigenvalue weighted by atomic mass is 19.4. The van der Waals surface area contributed by atoms with E-state index < -0.39 is 24.9 Å². The second-order valence-electron chi connectivity index (χ2n) is 5.78. The summed E-state index contributed by atoms with van der Waals surface area (Å²) in [6.45, 7) is 10.5. The Kier molecular flexibility index (Phi) is 9.15. The van der Waals surface area contributed by atoms with Crippen molar-refractivity contribution in [2.45, 2.75) is 60.1 Å². The van der Waals surface area contributed by atoms with E-state index in [2.05, 4.69) is 10.1 Å². The molecule has 0 saturated heterocycles. The van der Waals surface area contributed by atoms with E-state index in [9.17, 15) is 18.0 Å². The third-order valence-electron chi connectivity index (χ3n) is 4.00. The summed E-state index contributed by atoms with van der Waals surface area (Å²) in [6.07, 6.45) is -1.58. The lowest BCUT2D eigenvalue weighted by molar-refractivity contribution is -0.148. The number of alkyl halides is 3. The molecule has 8 heteroatoms. The Morgan fingerprint density at radius 3 is 2.46 bits per heavy atom. The van der Waals surface area contributed by atoms with E-state index in [4.69, 9.17) is 0 Å². The molecule has 0 aromatic carbocycles. The average Bonchev–Trinajstić information content (AvgIpc) is 3.09. The number of fused-ring (bicyclic) bond motifs is 1. The van der Waals surface area contributed by atoms with Crippen LogP contribution in [0.25, 0.3) is 11.2 Å². The highest BCUT2D eigenvalue weighted by Crippen LogP contribution is 2.27. The van der Waals surface area contributed by atoms with E-state index in [-0.39, 0.29) is 0 Å². The third-order valence-corrected chi connectivity index (χ3v) is 4.00. The molecule has 0 bridgehead atoms. The van der Waals surface area contributed by atoms with Crippen molar-refractivity contribution in [2.75, 3.05) is 13.1 Å². The zero-order valence-corrected chi connectivity index (χ0v) is 17.2. The minimum atomic E-state index is -4.30. The number of halogens is 3. The minimum absolute atomic E-state index is 0.320. The fourth-order valence-electron chi connectivity index (χ4n) is 2.81. The summed E-state index contributed by atoms with van der Waals surface area (Å²) in [5.41, 5.74) is 2.73. The topological polar surface area (TPSA) is 50.5 Å². The highest BCUT2D eigenvalue weighted by Gasteiger charge is 2.29.